The number of aliphatic hydroxyl groups excluding tert-OH is 1. The summed E-state index contributed by atoms with van der Waals surface area (Å²) in [6.45, 7) is 2.09. The number of benzene rings is 3. The van der Waals surface area contributed by atoms with Crippen LogP contribution >= 0.6 is 21.0 Å². The highest BCUT2D eigenvalue weighted by Gasteiger charge is 2.29. The topological polar surface area (TPSA) is 82.8 Å². The average Bonchev–Trinajstić information content (AvgIpc) is 3.45. The number of rotatable bonds is 5. The van der Waals surface area contributed by atoms with E-state index < -0.39 is 33.2 Å². The third kappa shape index (κ3) is 4.44. The van der Waals surface area contributed by atoms with Crippen LogP contribution in [0.3, 0.4) is 0 Å². The molecular weight excluding hydrogens is 555 g/mol. The smallest absolute Gasteiger partial charge is 0.335 e. The molecule has 1 atom stereocenters. The largest absolute Gasteiger partial charge is 0.478 e. The van der Waals surface area contributed by atoms with Crippen molar-refractivity contribution in [3.8, 4) is 0 Å². The van der Waals surface area contributed by atoms with E-state index in [0.29, 0.717) is 5.56 Å². The van der Waals surface area contributed by atoms with Gasteiger partial charge in [0.25, 0.3) is 5.91 Å². The molecule has 0 fully saturated rings. The highest BCUT2D eigenvalue weighted by molar-refractivity contribution is 14.2. The van der Waals surface area contributed by atoms with Gasteiger partial charge in [0.05, 0.1) is 11.1 Å². The van der Waals surface area contributed by atoms with Crippen LogP contribution in [-0.2, 0) is 0 Å². The fraction of sp³-hybridized carbons (Fsp3) is 0.107. The second kappa shape index (κ2) is 9.59. The Morgan fingerprint density at radius 3 is 2.40 bits per heavy atom. The number of carbonyl (C=O) groups is 2. The molecule has 1 aliphatic heterocycles. The number of aliphatic hydroxyl groups is 1. The van der Waals surface area contributed by atoms with Crippen LogP contribution < -0.4 is 3.11 Å². The number of fused-ring (bicyclic) bond motifs is 1. The fourth-order valence-electron chi connectivity index (χ4n) is 4.15. The molecule has 5 rings (SSSR count). The molecule has 6 nitrogen and oxygen atoms in total. The van der Waals surface area contributed by atoms with E-state index in [2.05, 4.69) is 6.92 Å². The average molecular weight is 578 g/mol. The zero-order chi connectivity index (χ0) is 24.5. The number of aromatic nitrogens is 1. The molecule has 0 spiro atoms. The Bertz CT molecular complexity index is 1490. The van der Waals surface area contributed by atoms with Crippen molar-refractivity contribution in [2.75, 3.05) is 3.11 Å². The van der Waals surface area contributed by atoms with E-state index in [0.717, 1.165) is 34.1 Å². The molecule has 35 heavy (non-hydrogen) atoms. The lowest BCUT2D eigenvalue weighted by Crippen LogP contribution is -2.25. The van der Waals surface area contributed by atoms with Gasteiger partial charge in [-0.05, 0) is 72.7 Å². The van der Waals surface area contributed by atoms with Gasteiger partial charge in [0.1, 0.15) is 0 Å². The van der Waals surface area contributed by atoms with Crippen molar-refractivity contribution >= 4 is 59.1 Å². The second-order valence-corrected chi connectivity index (χ2v) is 11.0. The lowest BCUT2D eigenvalue weighted by molar-refractivity contribution is 0.0696. The van der Waals surface area contributed by atoms with Crippen LogP contribution in [0.15, 0.2) is 90.6 Å². The SMILES string of the molecule is CCC1=IN(c2ccc(C(=O)O)cc2)C(O)/C1=C\c1ccc2c(ccn2C(=O)c2ccccc2)c1. The van der Waals surface area contributed by atoms with Gasteiger partial charge in [-0.25, -0.2) is 4.79 Å². The first-order valence-electron chi connectivity index (χ1n) is 11.2. The molecule has 0 saturated heterocycles. The Balaban J connectivity index is 1.45. The van der Waals surface area contributed by atoms with E-state index in [4.69, 9.17) is 5.11 Å². The van der Waals surface area contributed by atoms with Crippen molar-refractivity contribution in [3.05, 3.63) is 107 Å². The first kappa shape index (κ1) is 23.2. The molecule has 1 aliphatic rings. The Hall–Kier alpha value is -3.56. The lowest BCUT2D eigenvalue weighted by atomic mass is 10.0. The molecule has 0 bridgehead atoms. The van der Waals surface area contributed by atoms with E-state index >= 15 is 0 Å². The minimum atomic E-state index is -0.968. The van der Waals surface area contributed by atoms with E-state index in [1.807, 2.05) is 51.7 Å². The molecule has 7 heteroatoms. The Morgan fingerprint density at radius 2 is 1.71 bits per heavy atom. The molecule has 0 radical (unpaired) electrons. The number of anilines is 1. The van der Waals surface area contributed by atoms with E-state index in [1.54, 1.807) is 47.2 Å². The van der Waals surface area contributed by atoms with Crippen LogP contribution in [0.2, 0.25) is 0 Å². The molecule has 0 amide bonds. The van der Waals surface area contributed by atoms with Crippen molar-refractivity contribution in [2.24, 2.45) is 0 Å². The molecule has 1 aromatic heterocycles. The van der Waals surface area contributed by atoms with Gasteiger partial charge in [-0.3, -0.25) is 12.5 Å². The maximum atomic E-state index is 12.9. The molecule has 176 valence electrons. The minimum Gasteiger partial charge on any atom is -0.478 e. The fourth-order valence-corrected chi connectivity index (χ4v) is 6.99. The number of aromatic carboxylic acids is 1. The Morgan fingerprint density at radius 1 is 0.971 bits per heavy atom. The summed E-state index contributed by atoms with van der Waals surface area (Å²) in [6, 6.07) is 23.7. The van der Waals surface area contributed by atoms with Crippen LogP contribution in [0, 0.1) is 0 Å². The number of hydrogen-bond donors (Lipinski definition) is 2. The number of carboxylic acid groups (broad SMARTS) is 1. The number of carbonyl (C=O) groups excluding carboxylic acids is 1. The molecule has 3 aromatic carbocycles. The quantitative estimate of drug-likeness (QED) is 0.234. The van der Waals surface area contributed by atoms with Crippen LogP contribution in [0.1, 0.15) is 39.6 Å². The standard InChI is InChI=1S/C28H23IN2O4/c1-2-24-23(27(33)31(29-24)22-11-9-20(10-12-22)28(34)35)17-18-8-13-25-21(16-18)14-15-30(25)26(32)19-6-4-3-5-7-19/h3-17,27,33H,2H2,1H3,(H,34,35)/b23-17-. The lowest BCUT2D eigenvalue weighted by Gasteiger charge is -2.21. The summed E-state index contributed by atoms with van der Waals surface area (Å²) in [6.07, 6.45) is 3.86. The van der Waals surface area contributed by atoms with Crippen LogP contribution in [0.4, 0.5) is 5.69 Å². The third-order valence-electron chi connectivity index (χ3n) is 5.95. The molecule has 1 unspecified atom stereocenters. The normalized spacial score (nSPS) is 16.9. The monoisotopic (exact) mass is 578 g/mol. The van der Waals surface area contributed by atoms with Gasteiger partial charge < -0.3 is 10.2 Å². The maximum absolute atomic E-state index is 12.9. The molecule has 0 aliphatic carbocycles. The molecular formula is C28H23IN2O4. The van der Waals surface area contributed by atoms with E-state index in [-0.39, 0.29) is 11.5 Å². The van der Waals surface area contributed by atoms with Crippen molar-refractivity contribution in [1.29, 1.82) is 0 Å². The second-order valence-electron chi connectivity index (χ2n) is 8.15. The highest BCUT2D eigenvalue weighted by Crippen LogP contribution is 2.38. The highest BCUT2D eigenvalue weighted by atomic mass is 127. The molecule has 2 heterocycles. The van der Waals surface area contributed by atoms with Gasteiger partial charge in [0.2, 0.25) is 0 Å². The summed E-state index contributed by atoms with van der Waals surface area (Å²) in [5, 5.41) is 21.3. The summed E-state index contributed by atoms with van der Waals surface area (Å²) in [5.41, 5.74) is 4.35. The van der Waals surface area contributed by atoms with Gasteiger partial charge in [-0.1, -0.05) is 31.2 Å². The van der Waals surface area contributed by atoms with E-state index in [9.17, 15) is 14.7 Å². The summed E-state index contributed by atoms with van der Waals surface area (Å²) in [5.74, 6) is -1.04. The first-order valence-corrected chi connectivity index (χ1v) is 13.2. The molecule has 4 aromatic rings. The van der Waals surface area contributed by atoms with Gasteiger partial charge in [-0.2, -0.15) is 0 Å². The summed E-state index contributed by atoms with van der Waals surface area (Å²) in [7, 11) is 0. The van der Waals surface area contributed by atoms with Gasteiger partial charge in [0, 0.05) is 52.9 Å². The van der Waals surface area contributed by atoms with Crippen molar-refractivity contribution in [1.82, 2.24) is 4.57 Å². The van der Waals surface area contributed by atoms with Gasteiger partial charge >= 0.3 is 5.97 Å². The maximum Gasteiger partial charge on any atom is 0.335 e. The Kier molecular flexibility index (Phi) is 6.36. The summed E-state index contributed by atoms with van der Waals surface area (Å²) >= 11 is -0.604. The van der Waals surface area contributed by atoms with Crippen LogP contribution in [0.25, 0.3) is 17.0 Å². The minimum absolute atomic E-state index is 0.0752. The zero-order valence-corrected chi connectivity index (χ0v) is 21.1. The third-order valence-corrected chi connectivity index (χ3v) is 9.52. The molecule has 0 saturated carbocycles. The number of halogens is 1. The van der Waals surface area contributed by atoms with Crippen LogP contribution in [-0.4, -0.2) is 36.4 Å². The van der Waals surface area contributed by atoms with Crippen molar-refractivity contribution in [3.63, 3.8) is 0 Å². The first-order chi connectivity index (χ1) is 17.0. The van der Waals surface area contributed by atoms with Crippen LogP contribution in [0.5, 0.6) is 0 Å². The number of carboxylic acids is 1. The predicted octanol–water partition coefficient (Wildman–Crippen LogP) is 5.72. The van der Waals surface area contributed by atoms with Crippen molar-refractivity contribution in [2.45, 2.75) is 19.6 Å². The van der Waals surface area contributed by atoms with Gasteiger partial charge in [0.15, 0.2) is 6.23 Å². The number of hydrogen-bond acceptors (Lipinski definition) is 4. The summed E-state index contributed by atoms with van der Waals surface area (Å²) in [4.78, 5) is 24.1. The predicted molar refractivity (Wildman–Crippen MR) is 147 cm³/mol. The zero-order valence-electron chi connectivity index (χ0n) is 18.9. The molecule has 2 N–H and O–H groups in total. The Labute approximate surface area is 212 Å². The van der Waals surface area contributed by atoms with E-state index in [1.165, 1.54) is 3.51 Å². The summed E-state index contributed by atoms with van der Waals surface area (Å²) < 4.78 is 4.86. The van der Waals surface area contributed by atoms with Gasteiger partial charge in [-0.15, -0.1) is 0 Å². The number of nitrogens with zero attached hydrogens (tertiary/aromatic N) is 2. The van der Waals surface area contributed by atoms with Crippen molar-refractivity contribution < 1.29 is 19.8 Å².